The van der Waals surface area contributed by atoms with Crippen molar-refractivity contribution in [2.75, 3.05) is 4.90 Å². The second-order valence-corrected chi connectivity index (χ2v) is 7.14. The number of pyridine rings is 1. The van der Waals surface area contributed by atoms with Crippen molar-refractivity contribution in [2.24, 2.45) is 0 Å². The van der Waals surface area contributed by atoms with E-state index >= 15 is 0 Å². The average molecular weight is 363 g/mol. The summed E-state index contributed by atoms with van der Waals surface area (Å²) in [6, 6.07) is 18.2. The summed E-state index contributed by atoms with van der Waals surface area (Å²) in [5, 5.41) is 4.11. The predicted molar refractivity (Wildman–Crippen MR) is 107 cm³/mol. The molecule has 132 valence electrons. The van der Waals surface area contributed by atoms with E-state index in [0.717, 1.165) is 17.1 Å². The first-order valence-corrected chi connectivity index (χ1v) is 9.20. The molecule has 3 aromatic rings. The van der Waals surface area contributed by atoms with Gasteiger partial charge in [0.15, 0.2) is 5.11 Å². The lowest BCUT2D eigenvalue weighted by atomic mass is 10.0. The number of nitrogens with zero attached hydrogens (tertiary/aromatic N) is 2. The predicted octanol–water partition coefficient (Wildman–Crippen LogP) is 4.98. The lowest BCUT2D eigenvalue weighted by molar-refractivity contribution is 0.432. The van der Waals surface area contributed by atoms with Crippen molar-refractivity contribution in [3.63, 3.8) is 0 Å². The highest BCUT2D eigenvalue weighted by Gasteiger charge is 2.42. The van der Waals surface area contributed by atoms with Gasteiger partial charge in [-0.2, -0.15) is 0 Å². The maximum atomic E-state index is 5.76. The first-order chi connectivity index (χ1) is 12.6. The number of anilines is 1. The highest BCUT2D eigenvalue weighted by molar-refractivity contribution is 7.80. The normalized spacial score (nSPS) is 19.8. The number of thiocarbonyl (C=S) groups is 1. The van der Waals surface area contributed by atoms with Crippen LogP contribution in [0.2, 0.25) is 0 Å². The Morgan fingerprint density at radius 2 is 1.88 bits per heavy atom. The van der Waals surface area contributed by atoms with Gasteiger partial charge in [0.05, 0.1) is 18.0 Å². The molecule has 1 aromatic carbocycles. The van der Waals surface area contributed by atoms with Gasteiger partial charge in [0.2, 0.25) is 0 Å². The van der Waals surface area contributed by atoms with Crippen LogP contribution in [0.15, 0.2) is 71.5 Å². The molecule has 4 rings (SSSR count). The molecule has 0 spiro atoms. The summed E-state index contributed by atoms with van der Waals surface area (Å²) >= 11 is 5.68. The zero-order valence-corrected chi connectivity index (χ0v) is 15.6. The quantitative estimate of drug-likeness (QED) is 0.663. The minimum absolute atomic E-state index is 0.0698. The van der Waals surface area contributed by atoms with Gasteiger partial charge in [-0.25, -0.2) is 0 Å². The molecule has 1 saturated heterocycles. The monoisotopic (exact) mass is 363 g/mol. The second kappa shape index (κ2) is 6.92. The molecule has 2 atom stereocenters. The van der Waals surface area contributed by atoms with E-state index in [4.69, 9.17) is 16.6 Å². The van der Waals surface area contributed by atoms with Gasteiger partial charge < -0.3 is 14.6 Å². The Hall–Kier alpha value is -2.66. The van der Waals surface area contributed by atoms with Crippen molar-refractivity contribution < 1.29 is 4.42 Å². The molecule has 1 fully saturated rings. The van der Waals surface area contributed by atoms with Gasteiger partial charge in [-0.1, -0.05) is 32.0 Å². The number of hydrogen-bond acceptors (Lipinski definition) is 3. The largest absolute Gasteiger partial charge is 0.467 e. The molecule has 26 heavy (non-hydrogen) atoms. The summed E-state index contributed by atoms with van der Waals surface area (Å²) in [5.41, 5.74) is 3.30. The number of nitrogens with one attached hydrogen (secondary N) is 1. The van der Waals surface area contributed by atoms with Gasteiger partial charge in [-0.05, 0) is 60.1 Å². The maximum Gasteiger partial charge on any atom is 0.174 e. The minimum atomic E-state index is -0.0858. The van der Waals surface area contributed by atoms with Crippen LogP contribution in [-0.4, -0.2) is 10.1 Å². The Balaban J connectivity index is 1.76. The fraction of sp³-hybridized carbons (Fsp3) is 0.238. The molecule has 1 aliphatic rings. The van der Waals surface area contributed by atoms with Gasteiger partial charge in [0, 0.05) is 11.9 Å². The van der Waals surface area contributed by atoms with Crippen LogP contribution in [0.25, 0.3) is 0 Å². The smallest absolute Gasteiger partial charge is 0.174 e. The molecule has 3 heterocycles. The second-order valence-electron chi connectivity index (χ2n) is 6.76. The van der Waals surface area contributed by atoms with Gasteiger partial charge in [-0.3, -0.25) is 4.98 Å². The number of aromatic nitrogens is 1. The Labute approximate surface area is 158 Å². The van der Waals surface area contributed by atoms with Gasteiger partial charge in [0.1, 0.15) is 11.8 Å². The molecule has 0 unspecified atom stereocenters. The van der Waals surface area contributed by atoms with E-state index in [1.807, 2.05) is 30.3 Å². The molecule has 0 aliphatic carbocycles. The number of hydrogen-bond donors (Lipinski definition) is 1. The minimum Gasteiger partial charge on any atom is -0.467 e. The van der Waals surface area contributed by atoms with Crippen LogP contribution in [0.1, 0.15) is 48.9 Å². The molecule has 5 heteroatoms. The SMILES string of the molecule is CC(C)c1ccc(N2C(=S)N[C@H](c3ccccn3)[C@H]2c2ccco2)cc1. The summed E-state index contributed by atoms with van der Waals surface area (Å²) in [4.78, 5) is 6.65. The fourth-order valence-electron chi connectivity index (χ4n) is 3.40. The lowest BCUT2D eigenvalue weighted by Gasteiger charge is -2.26. The van der Waals surface area contributed by atoms with Crippen LogP contribution >= 0.6 is 12.2 Å². The van der Waals surface area contributed by atoms with Gasteiger partial charge >= 0.3 is 0 Å². The third-order valence-corrected chi connectivity index (χ3v) is 5.09. The first kappa shape index (κ1) is 16.8. The van der Waals surface area contributed by atoms with Crippen LogP contribution in [0.4, 0.5) is 5.69 Å². The molecule has 4 nitrogen and oxygen atoms in total. The topological polar surface area (TPSA) is 41.3 Å². The van der Waals surface area contributed by atoms with E-state index in [2.05, 4.69) is 53.3 Å². The Bertz CT molecular complexity index is 875. The average Bonchev–Trinajstić information content (AvgIpc) is 3.30. The Morgan fingerprint density at radius 3 is 2.50 bits per heavy atom. The summed E-state index contributed by atoms with van der Waals surface area (Å²) in [7, 11) is 0. The van der Waals surface area contributed by atoms with Crippen LogP contribution in [-0.2, 0) is 0 Å². The zero-order valence-electron chi connectivity index (χ0n) is 14.8. The van der Waals surface area contributed by atoms with E-state index in [-0.39, 0.29) is 12.1 Å². The molecule has 1 N–H and O–H groups in total. The van der Waals surface area contributed by atoms with E-state index in [1.165, 1.54) is 5.56 Å². The first-order valence-electron chi connectivity index (χ1n) is 8.79. The van der Waals surface area contributed by atoms with Crippen LogP contribution in [0, 0.1) is 0 Å². The van der Waals surface area contributed by atoms with Crippen LogP contribution in [0.3, 0.4) is 0 Å². The Morgan fingerprint density at radius 1 is 1.08 bits per heavy atom. The highest BCUT2D eigenvalue weighted by atomic mass is 32.1. The molecule has 0 bridgehead atoms. The zero-order chi connectivity index (χ0) is 18.1. The molecule has 2 aromatic heterocycles. The van der Waals surface area contributed by atoms with E-state index in [0.29, 0.717) is 11.0 Å². The number of rotatable bonds is 4. The van der Waals surface area contributed by atoms with E-state index in [9.17, 15) is 0 Å². The van der Waals surface area contributed by atoms with Crippen LogP contribution < -0.4 is 10.2 Å². The lowest BCUT2D eigenvalue weighted by Crippen LogP contribution is -2.29. The Kier molecular flexibility index (Phi) is 4.47. The molecule has 1 aliphatic heterocycles. The number of furan rings is 1. The molecular weight excluding hydrogens is 342 g/mol. The van der Waals surface area contributed by atoms with Crippen molar-refractivity contribution in [1.29, 1.82) is 0 Å². The van der Waals surface area contributed by atoms with Gasteiger partial charge in [-0.15, -0.1) is 0 Å². The van der Waals surface area contributed by atoms with Crippen molar-refractivity contribution >= 4 is 23.0 Å². The summed E-state index contributed by atoms with van der Waals surface area (Å²) in [6.45, 7) is 4.39. The van der Waals surface area contributed by atoms with Crippen molar-refractivity contribution in [3.8, 4) is 0 Å². The summed E-state index contributed by atoms with van der Waals surface area (Å²) < 4.78 is 5.76. The molecule has 0 amide bonds. The van der Waals surface area contributed by atoms with E-state index in [1.54, 1.807) is 12.5 Å². The van der Waals surface area contributed by atoms with Crippen LogP contribution in [0.5, 0.6) is 0 Å². The standard InChI is InChI=1S/C21H21N3OS/c1-14(2)15-8-10-16(11-9-15)24-20(18-7-5-13-25-18)19(23-21(24)26)17-6-3-4-12-22-17/h3-14,19-20H,1-2H3,(H,23,26)/t19-,20-/m1/s1. The molecule has 0 saturated carbocycles. The van der Waals surface area contributed by atoms with Crippen molar-refractivity contribution in [3.05, 3.63) is 84.1 Å². The maximum absolute atomic E-state index is 5.76. The third-order valence-electron chi connectivity index (χ3n) is 4.77. The molecule has 0 radical (unpaired) electrons. The number of benzene rings is 1. The fourth-order valence-corrected chi connectivity index (χ4v) is 3.75. The third kappa shape index (κ3) is 2.99. The summed E-state index contributed by atoms with van der Waals surface area (Å²) in [6.07, 6.45) is 3.51. The van der Waals surface area contributed by atoms with Crippen molar-refractivity contribution in [2.45, 2.75) is 31.8 Å². The van der Waals surface area contributed by atoms with Crippen molar-refractivity contribution in [1.82, 2.24) is 10.3 Å². The highest BCUT2D eigenvalue weighted by Crippen LogP contribution is 2.41. The summed E-state index contributed by atoms with van der Waals surface area (Å²) in [5.74, 6) is 1.36. The molecular formula is C21H21N3OS. The van der Waals surface area contributed by atoms with Gasteiger partial charge in [0.25, 0.3) is 0 Å². The van der Waals surface area contributed by atoms with E-state index < -0.39 is 0 Å².